The third-order valence-electron chi connectivity index (χ3n) is 4.37. The number of rotatable bonds is 14. The first-order valence-corrected chi connectivity index (χ1v) is 11.7. The standard InChI is InChI=1S/C19H39OP/c1-5-8-15-21(16-9-6-2,17-10-7-3)18-13-11-12-14-19(4)20/h18H,5-17H2,1-4H3. The smallest absolute Gasteiger partial charge is 0.129 e. The molecule has 21 heavy (non-hydrogen) atoms. The molecule has 0 aliphatic carbocycles. The van der Waals surface area contributed by atoms with E-state index in [2.05, 4.69) is 26.6 Å². The summed E-state index contributed by atoms with van der Waals surface area (Å²) in [6.45, 7) is 7.86. The first-order valence-electron chi connectivity index (χ1n) is 9.29. The summed E-state index contributed by atoms with van der Waals surface area (Å²) in [5.74, 6) is 3.10. The maximum Gasteiger partial charge on any atom is 0.129 e. The van der Waals surface area contributed by atoms with E-state index in [1.165, 1.54) is 69.9 Å². The van der Waals surface area contributed by atoms with Crippen molar-refractivity contribution >= 4 is 18.5 Å². The number of hydrogen-bond donors (Lipinski definition) is 0. The van der Waals surface area contributed by atoms with Crippen molar-refractivity contribution in [1.29, 1.82) is 0 Å². The molecule has 0 spiro atoms. The zero-order valence-electron chi connectivity index (χ0n) is 15.1. The van der Waals surface area contributed by atoms with Gasteiger partial charge in [0.15, 0.2) is 0 Å². The normalized spacial score (nSPS) is 11.6. The largest absolute Gasteiger partial charge is 0.300 e. The van der Waals surface area contributed by atoms with E-state index in [4.69, 9.17) is 0 Å². The quantitative estimate of drug-likeness (QED) is 0.269. The molecule has 126 valence electrons. The number of Topliss-reactive ketones (excluding diaryl/α,β-unsaturated/α-hetero) is 1. The minimum absolute atomic E-state index is 0.346. The molecule has 0 rings (SSSR count). The Balaban J connectivity index is 4.63. The zero-order chi connectivity index (χ0) is 16.0. The lowest BCUT2D eigenvalue weighted by molar-refractivity contribution is -0.117. The molecule has 0 heterocycles. The number of hydrogen-bond acceptors (Lipinski definition) is 1. The Morgan fingerprint density at radius 2 is 1.29 bits per heavy atom. The highest BCUT2D eigenvalue weighted by Gasteiger charge is 2.15. The molecule has 0 aromatic heterocycles. The number of carbonyl (C=O) groups is 1. The summed E-state index contributed by atoms with van der Waals surface area (Å²) in [5.41, 5.74) is 0. The third kappa shape index (κ3) is 11.2. The molecule has 0 bridgehead atoms. The van der Waals surface area contributed by atoms with E-state index in [1.807, 2.05) is 0 Å². The van der Waals surface area contributed by atoms with Crippen molar-refractivity contribution in [2.75, 3.05) is 18.5 Å². The fourth-order valence-electron chi connectivity index (χ4n) is 2.91. The average Bonchev–Trinajstić information content (AvgIpc) is 2.47. The highest BCUT2D eigenvalue weighted by Crippen LogP contribution is 2.49. The minimum atomic E-state index is -0.820. The Morgan fingerprint density at radius 3 is 1.67 bits per heavy atom. The fourth-order valence-corrected chi connectivity index (χ4v) is 7.70. The van der Waals surface area contributed by atoms with E-state index in [0.717, 1.165) is 12.8 Å². The highest BCUT2D eigenvalue weighted by atomic mass is 31.2. The van der Waals surface area contributed by atoms with Crippen LogP contribution in [-0.2, 0) is 4.79 Å². The predicted octanol–water partition coefficient (Wildman–Crippen LogP) is 6.36. The Hall–Kier alpha value is -0.0300. The van der Waals surface area contributed by atoms with Crippen molar-refractivity contribution in [1.82, 2.24) is 0 Å². The predicted molar refractivity (Wildman–Crippen MR) is 101 cm³/mol. The van der Waals surface area contributed by atoms with Crippen LogP contribution in [0.5, 0.6) is 0 Å². The van der Waals surface area contributed by atoms with Gasteiger partial charge >= 0.3 is 0 Å². The molecular formula is C19H39OP. The van der Waals surface area contributed by atoms with Crippen molar-refractivity contribution < 1.29 is 4.79 Å². The average molecular weight is 314 g/mol. The number of carbonyl (C=O) groups excluding carboxylic acids is 1. The van der Waals surface area contributed by atoms with Gasteiger partial charge in [-0.3, -0.25) is 0 Å². The maximum absolute atomic E-state index is 11.0. The summed E-state index contributed by atoms with van der Waals surface area (Å²) in [5, 5.41) is 0. The van der Waals surface area contributed by atoms with Gasteiger partial charge in [0.2, 0.25) is 0 Å². The van der Waals surface area contributed by atoms with Gasteiger partial charge in [-0.15, -0.1) is 6.89 Å². The van der Waals surface area contributed by atoms with Crippen LogP contribution in [0.3, 0.4) is 0 Å². The van der Waals surface area contributed by atoms with Crippen LogP contribution in [-0.4, -0.2) is 30.1 Å². The van der Waals surface area contributed by atoms with Crippen LogP contribution in [0.2, 0.25) is 0 Å². The summed E-state index contributed by atoms with van der Waals surface area (Å²) in [6, 6.07) is 0. The van der Waals surface area contributed by atoms with E-state index in [9.17, 15) is 4.79 Å². The number of ketones is 1. The molecule has 0 radical (unpaired) electrons. The van der Waals surface area contributed by atoms with Gasteiger partial charge in [-0.1, -0.05) is 45.8 Å². The molecule has 2 heteroatoms. The van der Waals surface area contributed by atoms with Gasteiger partial charge < -0.3 is 4.79 Å². The fraction of sp³-hybridized carbons (Fsp3) is 0.895. The molecule has 0 N–H and O–H groups in total. The molecule has 0 fully saturated rings. The Bertz CT molecular complexity index is 278. The van der Waals surface area contributed by atoms with E-state index >= 15 is 0 Å². The molecule has 0 aromatic carbocycles. The van der Waals surface area contributed by atoms with Gasteiger partial charge in [0.05, 0.1) is 0 Å². The lowest BCUT2D eigenvalue weighted by atomic mass is 10.2. The van der Waals surface area contributed by atoms with E-state index in [1.54, 1.807) is 6.92 Å². The van der Waals surface area contributed by atoms with Crippen LogP contribution >= 0.6 is 6.89 Å². The second-order valence-corrected chi connectivity index (χ2v) is 10.7. The van der Waals surface area contributed by atoms with Crippen molar-refractivity contribution in [2.45, 2.75) is 91.9 Å². The molecule has 0 aromatic rings. The van der Waals surface area contributed by atoms with Gasteiger partial charge in [-0.25, -0.2) is 0 Å². The van der Waals surface area contributed by atoms with Gasteiger partial charge in [0.1, 0.15) is 5.78 Å². The Morgan fingerprint density at radius 1 is 0.810 bits per heavy atom. The van der Waals surface area contributed by atoms with Crippen LogP contribution in [0.15, 0.2) is 0 Å². The van der Waals surface area contributed by atoms with Gasteiger partial charge in [-0.2, -0.15) is 0 Å². The molecule has 0 saturated heterocycles. The van der Waals surface area contributed by atoms with Crippen LogP contribution in [0.1, 0.15) is 91.9 Å². The van der Waals surface area contributed by atoms with Crippen LogP contribution < -0.4 is 0 Å². The lowest BCUT2D eigenvalue weighted by Crippen LogP contribution is -2.04. The SMILES string of the molecule is CCCCP(=CCCCCC(C)=O)(CCCC)CCCC. The van der Waals surface area contributed by atoms with Crippen molar-refractivity contribution in [3.05, 3.63) is 0 Å². The Kier molecular flexibility index (Phi) is 13.6. The molecule has 1 nitrogen and oxygen atoms in total. The second-order valence-electron chi connectivity index (χ2n) is 6.58. The highest BCUT2D eigenvalue weighted by molar-refractivity contribution is 7.74. The third-order valence-corrected chi connectivity index (χ3v) is 9.02. The molecule has 0 amide bonds. The first kappa shape index (κ1) is 21.0. The molecule has 0 saturated carbocycles. The first-order chi connectivity index (χ1) is 10.1. The van der Waals surface area contributed by atoms with Gasteiger partial charge in [-0.05, 0) is 63.9 Å². The van der Waals surface area contributed by atoms with Crippen molar-refractivity contribution in [3.8, 4) is 0 Å². The van der Waals surface area contributed by atoms with Gasteiger partial charge in [0, 0.05) is 6.42 Å². The lowest BCUT2D eigenvalue weighted by Gasteiger charge is -2.27. The van der Waals surface area contributed by atoms with Crippen molar-refractivity contribution in [2.24, 2.45) is 0 Å². The second kappa shape index (κ2) is 13.6. The summed E-state index contributed by atoms with van der Waals surface area (Å²) in [4.78, 5) is 11.0. The summed E-state index contributed by atoms with van der Waals surface area (Å²) >= 11 is 0. The van der Waals surface area contributed by atoms with E-state index in [-0.39, 0.29) is 0 Å². The summed E-state index contributed by atoms with van der Waals surface area (Å²) in [7, 11) is 0. The van der Waals surface area contributed by atoms with Crippen molar-refractivity contribution in [3.63, 3.8) is 0 Å². The monoisotopic (exact) mass is 314 g/mol. The van der Waals surface area contributed by atoms with Gasteiger partial charge in [0.25, 0.3) is 0 Å². The summed E-state index contributed by atoms with van der Waals surface area (Å²) in [6.07, 6.45) is 17.0. The Labute approximate surface area is 134 Å². The van der Waals surface area contributed by atoms with Crippen LogP contribution in [0.25, 0.3) is 0 Å². The molecular weight excluding hydrogens is 275 g/mol. The molecule has 0 aliphatic heterocycles. The molecule has 0 atom stereocenters. The minimum Gasteiger partial charge on any atom is -0.300 e. The van der Waals surface area contributed by atoms with Crippen LogP contribution in [0.4, 0.5) is 0 Å². The van der Waals surface area contributed by atoms with Crippen LogP contribution in [0, 0.1) is 0 Å². The summed E-state index contributed by atoms with van der Waals surface area (Å²) < 4.78 is 0. The van der Waals surface area contributed by atoms with E-state index in [0.29, 0.717) is 5.78 Å². The van der Waals surface area contributed by atoms with E-state index < -0.39 is 6.89 Å². The molecule has 0 unspecified atom stereocenters. The number of unbranched alkanes of at least 4 members (excludes halogenated alkanes) is 5. The zero-order valence-corrected chi connectivity index (χ0v) is 16.0. The molecule has 0 aliphatic rings. The maximum atomic E-state index is 11.0. The topological polar surface area (TPSA) is 17.1 Å².